The summed E-state index contributed by atoms with van der Waals surface area (Å²) >= 11 is 3.64. The van der Waals surface area contributed by atoms with Gasteiger partial charge in [-0.3, -0.25) is 4.21 Å². The molecule has 3 heterocycles. The summed E-state index contributed by atoms with van der Waals surface area (Å²) in [6, 6.07) is 5.21. The number of hydrogen-bond acceptors (Lipinski definition) is 8. The molecule has 0 aromatic carbocycles. The molecular weight excluding hydrogens is 414 g/mol. The second-order valence-corrected chi connectivity index (χ2v) is 7.07. The largest absolute Gasteiger partial charge is 0.760 e. The highest BCUT2D eigenvalue weighted by Gasteiger charge is 2.12. The third-order valence-electron chi connectivity index (χ3n) is 3.83. The molecule has 9 nitrogen and oxygen atoms in total. The van der Waals surface area contributed by atoms with Crippen molar-refractivity contribution < 1.29 is 8.76 Å². The number of halogens is 1. The Balaban J connectivity index is 2.00. The molecule has 3 aromatic rings. The first kappa shape index (κ1) is 20.8. The standard InChI is InChI=1S/C18H18ClN7O2S/c1-3-11-4-14(15-6-16(20)25-10(2)24-15)18(22-7-11)26-13-5-12(8-23-29(27)28)17(19)21-9-13/h3-7,9,23H,1,8H2,2H3,(H,22,26)(H,27,28)(H2,20,24,25)/p-1. The topological polar surface area (TPSA) is 142 Å². The molecule has 0 spiro atoms. The number of nitrogens with one attached hydrogen (secondary N) is 2. The Kier molecular flexibility index (Phi) is 6.49. The highest BCUT2D eigenvalue weighted by Crippen LogP contribution is 2.30. The zero-order chi connectivity index (χ0) is 21.0. The Morgan fingerprint density at radius 3 is 2.76 bits per heavy atom. The van der Waals surface area contributed by atoms with Crippen LogP contribution in [0.4, 0.5) is 17.3 Å². The minimum absolute atomic E-state index is 0.00872. The van der Waals surface area contributed by atoms with E-state index in [1.807, 2.05) is 6.07 Å². The molecule has 0 aliphatic rings. The van der Waals surface area contributed by atoms with Gasteiger partial charge in [0.1, 0.15) is 22.6 Å². The predicted octanol–water partition coefficient (Wildman–Crippen LogP) is 2.75. The van der Waals surface area contributed by atoms with Crippen LogP contribution < -0.4 is 15.8 Å². The summed E-state index contributed by atoms with van der Waals surface area (Å²) < 4.78 is 23.8. The number of nitrogens with two attached hydrogens (primary N) is 1. The molecule has 1 atom stereocenters. The van der Waals surface area contributed by atoms with Gasteiger partial charge in [0.2, 0.25) is 0 Å². The van der Waals surface area contributed by atoms with Crippen LogP contribution >= 0.6 is 11.6 Å². The lowest BCUT2D eigenvalue weighted by molar-refractivity contribution is 0.522. The second kappa shape index (κ2) is 9.05. The van der Waals surface area contributed by atoms with Crippen LogP contribution in [0.1, 0.15) is 17.0 Å². The van der Waals surface area contributed by atoms with E-state index in [9.17, 15) is 8.76 Å². The van der Waals surface area contributed by atoms with Crippen molar-refractivity contribution in [1.29, 1.82) is 0 Å². The molecule has 0 saturated heterocycles. The number of nitrogens with zero attached hydrogens (tertiary/aromatic N) is 4. The van der Waals surface area contributed by atoms with Crippen LogP contribution in [0.15, 0.2) is 37.2 Å². The number of hydrogen-bond donors (Lipinski definition) is 3. The molecule has 0 aliphatic heterocycles. The number of rotatable bonds is 7. The SMILES string of the molecule is C=Cc1cnc(Nc2cnc(Cl)c(CNS(=O)[O-])c2)c(-c2cc(N)nc(C)n2)c1. The highest BCUT2D eigenvalue weighted by atomic mass is 35.5. The molecule has 4 N–H and O–H groups in total. The molecule has 0 aliphatic carbocycles. The summed E-state index contributed by atoms with van der Waals surface area (Å²) in [4.78, 5) is 17.1. The summed E-state index contributed by atoms with van der Waals surface area (Å²) in [7, 11) is 0. The molecule has 11 heteroatoms. The lowest BCUT2D eigenvalue weighted by Gasteiger charge is -2.14. The van der Waals surface area contributed by atoms with Crippen molar-refractivity contribution >= 4 is 46.3 Å². The van der Waals surface area contributed by atoms with Gasteiger partial charge in [0.25, 0.3) is 0 Å². The zero-order valence-electron chi connectivity index (χ0n) is 15.3. The van der Waals surface area contributed by atoms with E-state index in [0.29, 0.717) is 40.0 Å². The van der Waals surface area contributed by atoms with E-state index in [-0.39, 0.29) is 11.7 Å². The highest BCUT2D eigenvalue weighted by molar-refractivity contribution is 7.77. The number of pyridine rings is 2. The first-order chi connectivity index (χ1) is 13.9. The molecule has 0 amide bonds. The van der Waals surface area contributed by atoms with Crippen LogP contribution in [0.3, 0.4) is 0 Å². The fraction of sp³-hybridized carbons (Fsp3) is 0.111. The van der Waals surface area contributed by atoms with Gasteiger partial charge in [-0.25, -0.2) is 24.7 Å². The maximum atomic E-state index is 10.7. The van der Waals surface area contributed by atoms with Crippen LogP contribution in [0.2, 0.25) is 5.15 Å². The van der Waals surface area contributed by atoms with Crippen molar-refractivity contribution in [3.05, 3.63) is 59.3 Å². The van der Waals surface area contributed by atoms with Crippen LogP contribution in [0.5, 0.6) is 0 Å². The maximum Gasteiger partial charge on any atom is 0.139 e. The van der Waals surface area contributed by atoms with E-state index in [0.717, 1.165) is 5.56 Å². The van der Waals surface area contributed by atoms with Crippen LogP contribution in [-0.4, -0.2) is 28.7 Å². The van der Waals surface area contributed by atoms with Gasteiger partial charge in [0.15, 0.2) is 0 Å². The van der Waals surface area contributed by atoms with Gasteiger partial charge in [-0.05, 0) is 24.6 Å². The van der Waals surface area contributed by atoms with Crippen molar-refractivity contribution in [1.82, 2.24) is 24.7 Å². The average molecular weight is 431 g/mol. The van der Waals surface area contributed by atoms with Crippen molar-refractivity contribution in [3.8, 4) is 11.3 Å². The molecule has 0 radical (unpaired) electrons. The summed E-state index contributed by atoms with van der Waals surface area (Å²) in [5.41, 5.74) is 9.04. The predicted molar refractivity (Wildman–Crippen MR) is 113 cm³/mol. The minimum atomic E-state index is -2.41. The lowest BCUT2D eigenvalue weighted by atomic mass is 10.1. The van der Waals surface area contributed by atoms with Crippen LogP contribution in [0.25, 0.3) is 17.3 Å². The van der Waals surface area contributed by atoms with E-state index >= 15 is 0 Å². The second-order valence-electron chi connectivity index (χ2n) is 5.95. The van der Waals surface area contributed by atoms with Gasteiger partial charge in [-0.1, -0.05) is 24.3 Å². The Hall–Kier alpha value is -2.92. The van der Waals surface area contributed by atoms with Gasteiger partial charge in [-0.15, -0.1) is 0 Å². The van der Waals surface area contributed by atoms with Gasteiger partial charge in [0, 0.05) is 41.2 Å². The molecule has 0 bridgehead atoms. The Morgan fingerprint density at radius 2 is 2.07 bits per heavy atom. The molecule has 150 valence electrons. The summed E-state index contributed by atoms with van der Waals surface area (Å²) in [6.07, 6.45) is 4.85. The fourth-order valence-corrected chi connectivity index (χ4v) is 3.02. The molecule has 0 fully saturated rings. The lowest BCUT2D eigenvalue weighted by Crippen LogP contribution is -2.16. The van der Waals surface area contributed by atoms with Gasteiger partial charge in [-0.2, -0.15) is 0 Å². The Bertz CT molecular complexity index is 1070. The zero-order valence-corrected chi connectivity index (χ0v) is 16.9. The van der Waals surface area contributed by atoms with Crippen molar-refractivity contribution in [3.63, 3.8) is 0 Å². The monoisotopic (exact) mass is 430 g/mol. The summed E-state index contributed by atoms with van der Waals surface area (Å²) in [5.74, 6) is 1.38. The van der Waals surface area contributed by atoms with E-state index in [4.69, 9.17) is 17.3 Å². The summed E-state index contributed by atoms with van der Waals surface area (Å²) in [6.45, 7) is 5.53. The Labute approximate surface area is 174 Å². The number of aromatic nitrogens is 4. The van der Waals surface area contributed by atoms with Crippen LogP contribution in [0, 0.1) is 6.92 Å². The maximum absolute atomic E-state index is 10.7. The van der Waals surface area contributed by atoms with Crippen molar-refractivity contribution in [2.75, 3.05) is 11.1 Å². The first-order valence-corrected chi connectivity index (χ1v) is 9.79. The number of anilines is 3. The normalized spacial score (nSPS) is 11.8. The average Bonchev–Trinajstić information content (AvgIpc) is 2.67. The third kappa shape index (κ3) is 5.33. The summed E-state index contributed by atoms with van der Waals surface area (Å²) in [5, 5.41) is 3.36. The van der Waals surface area contributed by atoms with Gasteiger partial charge in [0.05, 0.1) is 17.6 Å². The van der Waals surface area contributed by atoms with Crippen LogP contribution in [-0.2, 0) is 17.8 Å². The van der Waals surface area contributed by atoms with E-state index < -0.39 is 11.3 Å². The first-order valence-electron chi connectivity index (χ1n) is 8.34. The van der Waals surface area contributed by atoms with Crippen molar-refractivity contribution in [2.24, 2.45) is 0 Å². The number of aryl methyl sites for hydroxylation is 1. The fourth-order valence-electron chi connectivity index (χ4n) is 2.58. The Morgan fingerprint density at radius 1 is 1.28 bits per heavy atom. The van der Waals surface area contributed by atoms with E-state index in [1.165, 1.54) is 6.20 Å². The molecule has 1 unspecified atom stereocenters. The minimum Gasteiger partial charge on any atom is -0.760 e. The van der Waals surface area contributed by atoms with E-state index in [2.05, 4.69) is 36.6 Å². The third-order valence-corrected chi connectivity index (χ3v) is 4.55. The smallest absolute Gasteiger partial charge is 0.139 e. The quantitative estimate of drug-likeness (QED) is 0.383. The van der Waals surface area contributed by atoms with Gasteiger partial charge >= 0.3 is 0 Å². The van der Waals surface area contributed by atoms with E-state index in [1.54, 1.807) is 31.3 Å². The van der Waals surface area contributed by atoms with Gasteiger partial charge < -0.3 is 15.6 Å². The molecule has 29 heavy (non-hydrogen) atoms. The van der Waals surface area contributed by atoms with Crippen molar-refractivity contribution in [2.45, 2.75) is 13.5 Å². The molecule has 3 rings (SSSR count). The number of nitrogen functional groups attached to an aromatic ring is 1. The molecule has 0 saturated carbocycles. The molecular formula is C18H17ClN7O2S-. The molecule has 3 aromatic heterocycles.